The van der Waals surface area contributed by atoms with Gasteiger partial charge < -0.3 is 5.32 Å². The molecule has 118 valence electrons. The van der Waals surface area contributed by atoms with Crippen molar-refractivity contribution in [1.82, 2.24) is 19.7 Å². The number of amides is 1. The quantitative estimate of drug-likeness (QED) is 0.607. The van der Waals surface area contributed by atoms with E-state index < -0.39 is 0 Å². The van der Waals surface area contributed by atoms with Gasteiger partial charge in [-0.2, -0.15) is 5.10 Å². The minimum absolute atomic E-state index is 0.228. The maximum atomic E-state index is 12.6. The van der Waals surface area contributed by atoms with Gasteiger partial charge in [0, 0.05) is 10.6 Å². The highest BCUT2D eigenvalue weighted by Gasteiger charge is 2.12. The molecular weight excluding hydrogens is 346 g/mol. The highest BCUT2D eigenvalue weighted by atomic mass is 35.5. The lowest BCUT2D eigenvalue weighted by Gasteiger charge is -2.11. The van der Waals surface area contributed by atoms with Crippen LogP contribution in [0.15, 0.2) is 54.6 Å². The number of nitrogens with one attached hydrogen (secondary N) is 1. The van der Waals surface area contributed by atoms with Crippen molar-refractivity contribution in [2.75, 3.05) is 5.32 Å². The Morgan fingerprint density at radius 3 is 2.96 bits per heavy atom. The van der Waals surface area contributed by atoms with Gasteiger partial charge in [-0.3, -0.25) is 4.79 Å². The zero-order valence-corrected chi connectivity index (χ0v) is 13.8. The molecule has 8 heteroatoms. The fraction of sp³-hybridized carbons (Fsp3) is 0. The van der Waals surface area contributed by atoms with Gasteiger partial charge in [-0.05, 0) is 36.4 Å². The normalized spacial score (nSPS) is 10.9. The molecule has 2 aromatic carbocycles. The van der Waals surface area contributed by atoms with Gasteiger partial charge in [0.15, 0.2) is 0 Å². The number of nitrogens with zero attached hydrogens (tertiary/aromatic N) is 4. The van der Waals surface area contributed by atoms with Gasteiger partial charge in [0.05, 0.1) is 27.1 Å². The lowest BCUT2D eigenvalue weighted by atomic mass is 10.2. The van der Waals surface area contributed by atoms with Crippen LogP contribution >= 0.6 is 22.9 Å². The minimum Gasteiger partial charge on any atom is -0.320 e. The summed E-state index contributed by atoms with van der Waals surface area (Å²) < 4.78 is 2.53. The van der Waals surface area contributed by atoms with Crippen molar-refractivity contribution in [3.63, 3.8) is 0 Å². The second-order valence-electron chi connectivity index (χ2n) is 4.99. The van der Waals surface area contributed by atoms with Crippen LogP contribution in [0, 0.1) is 0 Å². The Bertz CT molecular complexity index is 1030. The average Bonchev–Trinajstić information content (AvgIpc) is 3.25. The molecule has 1 N–H and O–H groups in total. The first kappa shape index (κ1) is 14.8. The number of benzene rings is 2. The zero-order valence-electron chi connectivity index (χ0n) is 12.2. The molecule has 0 fully saturated rings. The molecule has 1 amide bonds. The van der Waals surface area contributed by atoms with Gasteiger partial charge in [-0.25, -0.2) is 14.6 Å². The lowest BCUT2D eigenvalue weighted by molar-refractivity contribution is 0.102. The molecule has 4 rings (SSSR count). The number of hydrogen-bond donors (Lipinski definition) is 1. The summed E-state index contributed by atoms with van der Waals surface area (Å²) in [6.45, 7) is 0. The predicted molar refractivity (Wildman–Crippen MR) is 93.9 cm³/mol. The Labute approximate surface area is 145 Å². The van der Waals surface area contributed by atoms with E-state index in [0.29, 0.717) is 22.0 Å². The fourth-order valence-corrected chi connectivity index (χ4v) is 3.22. The monoisotopic (exact) mass is 355 g/mol. The van der Waals surface area contributed by atoms with Gasteiger partial charge in [0.2, 0.25) is 0 Å². The van der Waals surface area contributed by atoms with E-state index >= 15 is 0 Å². The van der Waals surface area contributed by atoms with Gasteiger partial charge in [0.1, 0.15) is 12.7 Å². The molecule has 2 aromatic heterocycles. The molecule has 24 heavy (non-hydrogen) atoms. The van der Waals surface area contributed by atoms with E-state index in [1.807, 2.05) is 12.1 Å². The molecule has 4 aromatic rings. The molecule has 0 bridgehead atoms. The minimum atomic E-state index is -0.228. The molecular formula is C16H10ClN5OS. The van der Waals surface area contributed by atoms with Crippen molar-refractivity contribution in [3.8, 4) is 5.69 Å². The van der Waals surface area contributed by atoms with Crippen LogP contribution in [0.3, 0.4) is 0 Å². The second-order valence-corrected chi connectivity index (χ2v) is 6.31. The highest BCUT2D eigenvalue weighted by Crippen LogP contribution is 2.25. The second kappa shape index (κ2) is 6.03. The molecule has 0 aliphatic heterocycles. The standard InChI is InChI=1S/C16H10ClN5OS/c17-11-2-4-14(22-8-18-7-20-22)13(6-11)21-16(23)10-1-3-12-15(5-10)24-9-19-12/h1-9H,(H,21,23). The number of anilines is 1. The molecule has 0 radical (unpaired) electrons. The van der Waals surface area contributed by atoms with Crippen molar-refractivity contribution in [1.29, 1.82) is 0 Å². The van der Waals surface area contributed by atoms with E-state index in [1.54, 1.807) is 40.8 Å². The van der Waals surface area contributed by atoms with E-state index in [0.717, 1.165) is 10.2 Å². The summed E-state index contributed by atoms with van der Waals surface area (Å²) in [5.41, 5.74) is 4.43. The SMILES string of the molecule is O=C(Nc1cc(Cl)ccc1-n1cncn1)c1ccc2ncsc2c1. The maximum Gasteiger partial charge on any atom is 0.255 e. The summed E-state index contributed by atoms with van der Waals surface area (Å²) in [6, 6.07) is 10.6. The van der Waals surface area contributed by atoms with Crippen LogP contribution in [0.1, 0.15) is 10.4 Å². The Morgan fingerprint density at radius 2 is 2.12 bits per heavy atom. The lowest BCUT2D eigenvalue weighted by Crippen LogP contribution is -2.14. The van der Waals surface area contributed by atoms with Crippen LogP contribution in [0.4, 0.5) is 5.69 Å². The number of thiazole rings is 1. The van der Waals surface area contributed by atoms with Crippen molar-refractivity contribution in [3.05, 3.63) is 65.1 Å². The Kier molecular flexibility index (Phi) is 3.72. The number of fused-ring (bicyclic) bond motifs is 1. The molecule has 0 saturated heterocycles. The van der Waals surface area contributed by atoms with Crippen LogP contribution in [0.2, 0.25) is 5.02 Å². The molecule has 0 saturated carbocycles. The number of halogens is 1. The number of rotatable bonds is 3. The smallest absolute Gasteiger partial charge is 0.255 e. The van der Waals surface area contributed by atoms with Gasteiger partial charge in [0.25, 0.3) is 5.91 Å². The number of carbonyl (C=O) groups excluding carboxylic acids is 1. The van der Waals surface area contributed by atoms with Crippen molar-refractivity contribution >= 4 is 44.7 Å². The molecule has 0 atom stereocenters. The summed E-state index contributed by atoms with van der Waals surface area (Å²) in [7, 11) is 0. The number of aromatic nitrogens is 4. The van der Waals surface area contributed by atoms with E-state index in [9.17, 15) is 4.79 Å². The fourth-order valence-electron chi connectivity index (χ4n) is 2.33. The Balaban J connectivity index is 1.69. The number of carbonyl (C=O) groups is 1. The van der Waals surface area contributed by atoms with Gasteiger partial charge in [-0.15, -0.1) is 11.3 Å². The summed E-state index contributed by atoms with van der Waals surface area (Å²) in [6.07, 6.45) is 2.99. The van der Waals surface area contributed by atoms with Crippen LogP contribution in [-0.4, -0.2) is 25.7 Å². The maximum absolute atomic E-state index is 12.6. The third kappa shape index (κ3) is 2.75. The average molecular weight is 356 g/mol. The van der Waals surface area contributed by atoms with E-state index in [-0.39, 0.29) is 5.91 Å². The predicted octanol–water partition coefficient (Wildman–Crippen LogP) is 3.78. The largest absolute Gasteiger partial charge is 0.320 e. The zero-order chi connectivity index (χ0) is 16.5. The van der Waals surface area contributed by atoms with Crippen molar-refractivity contribution in [2.24, 2.45) is 0 Å². The molecule has 0 aliphatic carbocycles. The Morgan fingerprint density at radius 1 is 1.21 bits per heavy atom. The van der Waals surface area contributed by atoms with Gasteiger partial charge in [-0.1, -0.05) is 11.6 Å². The van der Waals surface area contributed by atoms with Crippen LogP contribution in [0.5, 0.6) is 0 Å². The summed E-state index contributed by atoms with van der Waals surface area (Å²) in [5, 5.41) is 7.50. The molecule has 2 heterocycles. The first-order chi connectivity index (χ1) is 11.7. The van der Waals surface area contributed by atoms with Gasteiger partial charge >= 0.3 is 0 Å². The Hall–Kier alpha value is -2.77. The number of hydrogen-bond acceptors (Lipinski definition) is 5. The third-order valence-corrected chi connectivity index (χ3v) is 4.49. The van der Waals surface area contributed by atoms with E-state index in [2.05, 4.69) is 20.4 Å². The summed E-state index contributed by atoms with van der Waals surface area (Å²) >= 11 is 7.56. The summed E-state index contributed by atoms with van der Waals surface area (Å²) in [5.74, 6) is -0.228. The van der Waals surface area contributed by atoms with E-state index in [4.69, 9.17) is 11.6 Å². The highest BCUT2D eigenvalue weighted by molar-refractivity contribution is 7.16. The van der Waals surface area contributed by atoms with Crippen molar-refractivity contribution in [2.45, 2.75) is 0 Å². The first-order valence-electron chi connectivity index (χ1n) is 7.00. The summed E-state index contributed by atoms with van der Waals surface area (Å²) in [4.78, 5) is 20.7. The molecule has 0 aliphatic rings. The van der Waals surface area contributed by atoms with Crippen LogP contribution < -0.4 is 5.32 Å². The van der Waals surface area contributed by atoms with Crippen molar-refractivity contribution < 1.29 is 4.79 Å². The third-order valence-electron chi connectivity index (χ3n) is 3.47. The molecule has 0 spiro atoms. The topological polar surface area (TPSA) is 72.7 Å². The first-order valence-corrected chi connectivity index (χ1v) is 8.25. The van der Waals surface area contributed by atoms with Crippen LogP contribution in [-0.2, 0) is 0 Å². The van der Waals surface area contributed by atoms with Crippen LogP contribution in [0.25, 0.3) is 15.9 Å². The molecule has 0 unspecified atom stereocenters. The van der Waals surface area contributed by atoms with E-state index in [1.165, 1.54) is 17.7 Å². The molecule has 6 nitrogen and oxygen atoms in total.